The molecule has 0 atom stereocenters. The second-order valence-electron chi connectivity index (χ2n) is 3.69. The van der Waals surface area contributed by atoms with Crippen molar-refractivity contribution in [2.45, 2.75) is 6.54 Å². The van der Waals surface area contributed by atoms with Gasteiger partial charge in [0.2, 0.25) is 0 Å². The van der Waals surface area contributed by atoms with Gasteiger partial charge in [0.25, 0.3) is 5.69 Å². The normalized spacial score (nSPS) is 10.6. The van der Waals surface area contributed by atoms with Gasteiger partial charge in [0.15, 0.2) is 5.69 Å². The Bertz CT molecular complexity index is 599. The monoisotopic (exact) mass is 282 g/mol. The second kappa shape index (κ2) is 5.77. The molecule has 0 fully saturated rings. The molecule has 0 saturated heterocycles. The van der Waals surface area contributed by atoms with E-state index in [4.69, 9.17) is 16.3 Å². The van der Waals surface area contributed by atoms with Gasteiger partial charge in [-0.25, -0.2) is 4.98 Å². The molecule has 2 heterocycles. The number of halogens is 1. The van der Waals surface area contributed by atoms with Crippen LogP contribution in [0.4, 0.5) is 5.69 Å². The van der Waals surface area contributed by atoms with E-state index in [1.807, 2.05) is 0 Å². The summed E-state index contributed by atoms with van der Waals surface area (Å²) in [6, 6.07) is 4.37. The summed E-state index contributed by atoms with van der Waals surface area (Å²) in [6.45, 7) is 0.924. The Kier molecular flexibility index (Phi) is 4.08. The van der Waals surface area contributed by atoms with Crippen LogP contribution in [-0.4, -0.2) is 33.4 Å². The fourth-order valence-corrected chi connectivity index (χ4v) is 1.80. The Labute approximate surface area is 113 Å². The molecule has 19 heavy (non-hydrogen) atoms. The summed E-state index contributed by atoms with van der Waals surface area (Å²) in [5, 5.41) is 15.3. The number of nitro groups is 1. The van der Waals surface area contributed by atoms with Crippen LogP contribution in [0.3, 0.4) is 0 Å². The van der Waals surface area contributed by atoms with Crippen LogP contribution in [-0.2, 0) is 11.3 Å². The number of ether oxygens (including phenoxy) is 1. The molecule has 7 nitrogen and oxygen atoms in total. The van der Waals surface area contributed by atoms with Crippen LogP contribution >= 0.6 is 11.6 Å². The van der Waals surface area contributed by atoms with Gasteiger partial charge in [0.1, 0.15) is 5.15 Å². The summed E-state index contributed by atoms with van der Waals surface area (Å²) < 4.78 is 6.56. The Morgan fingerprint density at radius 2 is 2.26 bits per heavy atom. The maximum Gasteiger partial charge on any atom is 0.297 e. The van der Waals surface area contributed by atoms with Gasteiger partial charge in [0.05, 0.1) is 23.8 Å². The van der Waals surface area contributed by atoms with Gasteiger partial charge < -0.3 is 4.74 Å². The molecule has 0 aliphatic rings. The lowest BCUT2D eigenvalue weighted by molar-refractivity contribution is -0.384. The van der Waals surface area contributed by atoms with Crippen LogP contribution < -0.4 is 0 Å². The van der Waals surface area contributed by atoms with Gasteiger partial charge in [-0.2, -0.15) is 5.10 Å². The summed E-state index contributed by atoms with van der Waals surface area (Å²) in [6.07, 6.45) is 1.55. The van der Waals surface area contributed by atoms with Crippen molar-refractivity contribution in [3.8, 4) is 11.4 Å². The Hall–Kier alpha value is -1.99. The molecule has 0 bridgehead atoms. The van der Waals surface area contributed by atoms with Crippen LogP contribution in [0.25, 0.3) is 11.4 Å². The van der Waals surface area contributed by atoms with Crippen molar-refractivity contribution >= 4 is 17.3 Å². The zero-order chi connectivity index (χ0) is 13.8. The fraction of sp³-hybridized carbons (Fsp3) is 0.273. The van der Waals surface area contributed by atoms with Crippen molar-refractivity contribution in [2.24, 2.45) is 0 Å². The first-order valence-corrected chi connectivity index (χ1v) is 5.83. The predicted molar refractivity (Wildman–Crippen MR) is 69.0 cm³/mol. The van der Waals surface area contributed by atoms with E-state index in [1.54, 1.807) is 24.1 Å². The summed E-state index contributed by atoms with van der Waals surface area (Å²) >= 11 is 5.81. The Morgan fingerprint density at radius 3 is 2.95 bits per heavy atom. The van der Waals surface area contributed by atoms with Crippen molar-refractivity contribution in [1.29, 1.82) is 0 Å². The van der Waals surface area contributed by atoms with Crippen molar-refractivity contribution in [3.63, 3.8) is 0 Å². The maximum absolute atomic E-state index is 11.0. The topological polar surface area (TPSA) is 83.1 Å². The number of rotatable bonds is 5. The zero-order valence-electron chi connectivity index (χ0n) is 10.1. The third-order valence-electron chi connectivity index (χ3n) is 2.50. The third-order valence-corrected chi connectivity index (χ3v) is 2.71. The summed E-state index contributed by atoms with van der Waals surface area (Å²) in [7, 11) is 1.57. The first kappa shape index (κ1) is 13.4. The highest BCUT2D eigenvalue weighted by Gasteiger charge is 2.20. The molecule has 8 heteroatoms. The highest BCUT2D eigenvalue weighted by molar-refractivity contribution is 6.29. The minimum Gasteiger partial charge on any atom is -0.383 e. The molecular weight excluding hydrogens is 272 g/mol. The largest absolute Gasteiger partial charge is 0.383 e. The SMILES string of the molecule is COCCn1nccc1-c1nc(Cl)ccc1[N+](=O)[O-]. The lowest BCUT2D eigenvalue weighted by Crippen LogP contribution is -2.08. The summed E-state index contributed by atoms with van der Waals surface area (Å²) in [5.74, 6) is 0. The van der Waals surface area contributed by atoms with Gasteiger partial charge in [-0.1, -0.05) is 11.6 Å². The molecule has 100 valence electrons. The minimum atomic E-state index is -0.494. The molecule has 0 radical (unpaired) electrons. The molecular formula is C11H11ClN4O3. The van der Waals surface area contributed by atoms with Gasteiger partial charge in [0, 0.05) is 19.4 Å². The summed E-state index contributed by atoms with van der Waals surface area (Å²) in [4.78, 5) is 14.6. The van der Waals surface area contributed by atoms with Gasteiger partial charge in [-0.3, -0.25) is 14.8 Å². The van der Waals surface area contributed by atoms with Crippen molar-refractivity contribution in [1.82, 2.24) is 14.8 Å². The van der Waals surface area contributed by atoms with Crippen LogP contribution in [0.1, 0.15) is 0 Å². The van der Waals surface area contributed by atoms with Crippen molar-refractivity contribution in [2.75, 3.05) is 13.7 Å². The molecule has 0 saturated carbocycles. The molecule has 0 amide bonds. The molecule has 0 N–H and O–H groups in total. The van der Waals surface area contributed by atoms with Gasteiger partial charge in [-0.05, 0) is 12.1 Å². The third kappa shape index (κ3) is 2.88. The van der Waals surface area contributed by atoms with E-state index >= 15 is 0 Å². The Balaban J connectivity index is 2.49. The van der Waals surface area contributed by atoms with Crippen molar-refractivity contribution < 1.29 is 9.66 Å². The molecule has 0 aromatic carbocycles. The van der Waals surface area contributed by atoms with Crippen LogP contribution in [0.15, 0.2) is 24.4 Å². The summed E-state index contributed by atoms with van der Waals surface area (Å²) in [5.41, 5.74) is 0.626. The van der Waals surface area contributed by atoms with E-state index in [9.17, 15) is 10.1 Å². The molecule has 0 aliphatic heterocycles. The molecule has 0 unspecified atom stereocenters. The maximum atomic E-state index is 11.0. The van der Waals surface area contributed by atoms with E-state index in [1.165, 1.54) is 12.1 Å². The second-order valence-corrected chi connectivity index (χ2v) is 4.08. The zero-order valence-corrected chi connectivity index (χ0v) is 10.9. The number of aromatic nitrogens is 3. The first-order valence-electron chi connectivity index (χ1n) is 5.45. The minimum absolute atomic E-state index is 0.108. The smallest absolute Gasteiger partial charge is 0.297 e. The number of methoxy groups -OCH3 is 1. The number of nitrogens with zero attached hydrogens (tertiary/aromatic N) is 4. The molecule has 0 spiro atoms. The van der Waals surface area contributed by atoms with E-state index in [-0.39, 0.29) is 16.5 Å². The quantitative estimate of drug-likeness (QED) is 0.477. The molecule has 2 aromatic heterocycles. The lowest BCUT2D eigenvalue weighted by Gasteiger charge is -2.07. The number of hydrogen-bond donors (Lipinski definition) is 0. The average molecular weight is 283 g/mol. The van der Waals surface area contributed by atoms with Crippen LogP contribution in [0.2, 0.25) is 5.15 Å². The van der Waals surface area contributed by atoms with Crippen LogP contribution in [0.5, 0.6) is 0 Å². The highest BCUT2D eigenvalue weighted by atomic mass is 35.5. The van der Waals surface area contributed by atoms with Gasteiger partial charge >= 0.3 is 0 Å². The molecule has 2 rings (SSSR count). The predicted octanol–water partition coefficient (Wildman–Crippen LogP) is 2.15. The molecule has 0 aliphatic carbocycles. The highest BCUT2D eigenvalue weighted by Crippen LogP contribution is 2.29. The van der Waals surface area contributed by atoms with Crippen molar-refractivity contribution in [3.05, 3.63) is 39.7 Å². The van der Waals surface area contributed by atoms with E-state index in [0.717, 1.165) is 0 Å². The van der Waals surface area contributed by atoms with Crippen LogP contribution in [0, 0.1) is 10.1 Å². The average Bonchev–Trinajstić information content (AvgIpc) is 2.83. The Morgan fingerprint density at radius 1 is 1.47 bits per heavy atom. The van der Waals surface area contributed by atoms with E-state index in [2.05, 4.69) is 10.1 Å². The lowest BCUT2D eigenvalue weighted by atomic mass is 10.2. The van der Waals surface area contributed by atoms with E-state index in [0.29, 0.717) is 18.8 Å². The number of hydrogen-bond acceptors (Lipinski definition) is 5. The van der Waals surface area contributed by atoms with E-state index < -0.39 is 4.92 Å². The fourth-order valence-electron chi connectivity index (χ4n) is 1.65. The van der Waals surface area contributed by atoms with Gasteiger partial charge in [-0.15, -0.1) is 0 Å². The first-order chi connectivity index (χ1) is 9.13. The molecule has 2 aromatic rings. The number of pyridine rings is 1. The standard InChI is InChI=1S/C11H11ClN4O3/c1-19-7-6-15-8(4-5-13-15)11-9(16(17)18)2-3-10(12)14-11/h2-5H,6-7H2,1H3.